The van der Waals surface area contributed by atoms with Gasteiger partial charge in [0, 0.05) is 18.5 Å². The first-order chi connectivity index (χ1) is 9.20. The topological polar surface area (TPSA) is 23.5 Å². The van der Waals surface area contributed by atoms with Crippen LogP contribution in [0.4, 0.5) is 0 Å². The zero-order valence-electron chi connectivity index (χ0n) is 12.3. The van der Waals surface area contributed by atoms with E-state index in [9.17, 15) is 5.11 Å². The van der Waals surface area contributed by atoms with Crippen molar-refractivity contribution >= 4 is 12.4 Å². The Hall–Kier alpha value is -0.990. The maximum atomic E-state index is 9.48. The lowest BCUT2D eigenvalue weighted by Gasteiger charge is -2.43. The summed E-state index contributed by atoms with van der Waals surface area (Å²) in [6.07, 6.45) is 6.90. The SMILES string of the molecule is C=CCN1CCCC(CCC)(c2ccc(O)cc2)C1.Cl. The van der Waals surface area contributed by atoms with Crippen molar-refractivity contribution < 1.29 is 5.11 Å². The van der Waals surface area contributed by atoms with E-state index in [1.165, 1.54) is 37.8 Å². The fourth-order valence-corrected chi connectivity index (χ4v) is 3.44. The second-order valence-electron chi connectivity index (χ2n) is 5.70. The third kappa shape index (κ3) is 3.77. The van der Waals surface area contributed by atoms with Crippen molar-refractivity contribution in [3.63, 3.8) is 0 Å². The minimum absolute atomic E-state index is 0. The molecule has 1 unspecified atom stereocenters. The Morgan fingerprint density at radius 3 is 2.65 bits per heavy atom. The van der Waals surface area contributed by atoms with E-state index in [1.807, 2.05) is 18.2 Å². The second-order valence-corrected chi connectivity index (χ2v) is 5.70. The number of hydrogen-bond acceptors (Lipinski definition) is 2. The lowest BCUT2D eigenvalue weighted by Crippen LogP contribution is -2.46. The van der Waals surface area contributed by atoms with Crippen LogP contribution in [0.1, 0.15) is 38.2 Å². The number of aromatic hydroxyl groups is 1. The summed E-state index contributed by atoms with van der Waals surface area (Å²) in [7, 11) is 0. The normalized spacial score (nSPS) is 23.1. The summed E-state index contributed by atoms with van der Waals surface area (Å²) in [6.45, 7) is 9.38. The number of nitrogens with zero attached hydrogens (tertiary/aromatic N) is 1. The molecule has 0 spiro atoms. The first-order valence-electron chi connectivity index (χ1n) is 7.33. The number of hydrogen-bond donors (Lipinski definition) is 1. The number of rotatable bonds is 5. The summed E-state index contributed by atoms with van der Waals surface area (Å²) in [5.41, 5.74) is 1.63. The van der Waals surface area contributed by atoms with Crippen LogP contribution in [0.2, 0.25) is 0 Å². The molecule has 0 aliphatic carbocycles. The number of likely N-dealkylation sites (tertiary alicyclic amines) is 1. The number of phenolic OH excluding ortho intramolecular Hbond substituents is 1. The van der Waals surface area contributed by atoms with E-state index in [2.05, 4.69) is 30.5 Å². The van der Waals surface area contributed by atoms with Crippen LogP contribution >= 0.6 is 12.4 Å². The standard InChI is InChI=1S/C17H25NO.ClH/c1-3-10-17(15-6-8-16(19)9-7-15)11-5-13-18(14-17)12-4-2;/h4,6-9,19H,2-3,5,10-14H2,1H3;1H. The Morgan fingerprint density at radius 1 is 1.35 bits per heavy atom. The van der Waals surface area contributed by atoms with Gasteiger partial charge in [0.05, 0.1) is 0 Å². The Kier molecular flexibility index (Phi) is 6.57. The van der Waals surface area contributed by atoms with E-state index in [-0.39, 0.29) is 17.8 Å². The predicted octanol–water partition coefficient (Wildman–Crippen LogP) is 4.13. The van der Waals surface area contributed by atoms with Crippen molar-refractivity contribution in [2.24, 2.45) is 0 Å². The molecule has 0 saturated carbocycles. The van der Waals surface area contributed by atoms with Crippen LogP contribution in [0.3, 0.4) is 0 Å². The highest BCUT2D eigenvalue weighted by molar-refractivity contribution is 5.85. The van der Waals surface area contributed by atoms with Crippen LogP contribution in [0.25, 0.3) is 0 Å². The highest BCUT2D eigenvalue weighted by atomic mass is 35.5. The zero-order valence-corrected chi connectivity index (χ0v) is 13.2. The van der Waals surface area contributed by atoms with Gasteiger partial charge >= 0.3 is 0 Å². The third-order valence-electron chi connectivity index (χ3n) is 4.25. The van der Waals surface area contributed by atoms with Gasteiger partial charge in [-0.3, -0.25) is 4.90 Å². The Balaban J connectivity index is 0.00000200. The molecule has 0 radical (unpaired) electrons. The van der Waals surface area contributed by atoms with Crippen molar-refractivity contribution in [2.75, 3.05) is 19.6 Å². The minimum atomic E-state index is 0. The van der Waals surface area contributed by atoms with Gasteiger partial charge in [-0.05, 0) is 43.5 Å². The molecule has 2 nitrogen and oxygen atoms in total. The molecule has 3 heteroatoms. The van der Waals surface area contributed by atoms with Gasteiger partial charge in [0.2, 0.25) is 0 Å². The minimum Gasteiger partial charge on any atom is -0.508 e. The average molecular weight is 296 g/mol. The van der Waals surface area contributed by atoms with Gasteiger partial charge in [-0.1, -0.05) is 31.6 Å². The lowest BCUT2D eigenvalue weighted by molar-refractivity contribution is 0.150. The largest absolute Gasteiger partial charge is 0.508 e. The molecule has 1 fully saturated rings. The van der Waals surface area contributed by atoms with Gasteiger partial charge in [-0.15, -0.1) is 19.0 Å². The average Bonchev–Trinajstić information content (AvgIpc) is 2.40. The molecule has 1 heterocycles. The summed E-state index contributed by atoms with van der Waals surface area (Å²) in [5.74, 6) is 0.356. The molecule has 2 rings (SSSR count). The van der Waals surface area contributed by atoms with Gasteiger partial charge in [-0.2, -0.15) is 0 Å². The molecule has 1 saturated heterocycles. The summed E-state index contributed by atoms with van der Waals surface area (Å²) in [6, 6.07) is 7.84. The van der Waals surface area contributed by atoms with Crippen LogP contribution in [-0.2, 0) is 5.41 Å². The molecule has 20 heavy (non-hydrogen) atoms. The second kappa shape index (κ2) is 7.70. The van der Waals surface area contributed by atoms with E-state index >= 15 is 0 Å². The molecule has 1 aliphatic rings. The fourth-order valence-electron chi connectivity index (χ4n) is 3.44. The molecule has 1 aromatic rings. The van der Waals surface area contributed by atoms with Crippen LogP contribution in [0.15, 0.2) is 36.9 Å². The van der Waals surface area contributed by atoms with Crippen molar-refractivity contribution in [1.82, 2.24) is 4.90 Å². The van der Waals surface area contributed by atoms with Crippen molar-refractivity contribution in [1.29, 1.82) is 0 Å². The molecule has 0 aromatic heterocycles. The fraction of sp³-hybridized carbons (Fsp3) is 0.529. The Morgan fingerprint density at radius 2 is 2.05 bits per heavy atom. The molecule has 1 atom stereocenters. The van der Waals surface area contributed by atoms with Gasteiger partial charge in [0.15, 0.2) is 0 Å². The number of benzene rings is 1. The number of phenols is 1. The Bertz CT molecular complexity index is 414. The predicted molar refractivity (Wildman–Crippen MR) is 87.8 cm³/mol. The quantitative estimate of drug-likeness (QED) is 0.826. The molecule has 112 valence electrons. The van der Waals surface area contributed by atoms with Crippen LogP contribution in [-0.4, -0.2) is 29.6 Å². The lowest BCUT2D eigenvalue weighted by atomic mass is 9.71. The molecular weight excluding hydrogens is 270 g/mol. The molecule has 1 aliphatic heterocycles. The van der Waals surface area contributed by atoms with Gasteiger partial charge in [0.25, 0.3) is 0 Å². The molecular formula is C17H26ClNO. The summed E-state index contributed by atoms with van der Waals surface area (Å²) in [5, 5.41) is 9.48. The van der Waals surface area contributed by atoms with Crippen LogP contribution in [0.5, 0.6) is 5.75 Å². The molecule has 0 amide bonds. The molecule has 1 aromatic carbocycles. The van der Waals surface area contributed by atoms with Gasteiger partial charge in [0.1, 0.15) is 5.75 Å². The first kappa shape index (κ1) is 17.1. The van der Waals surface area contributed by atoms with Crippen LogP contribution < -0.4 is 0 Å². The molecule has 0 bridgehead atoms. The zero-order chi connectivity index (χ0) is 13.7. The first-order valence-corrected chi connectivity index (χ1v) is 7.33. The van der Waals surface area contributed by atoms with E-state index in [4.69, 9.17) is 0 Å². The van der Waals surface area contributed by atoms with Crippen molar-refractivity contribution in [3.8, 4) is 5.75 Å². The molecule has 1 N–H and O–H groups in total. The summed E-state index contributed by atoms with van der Waals surface area (Å²) >= 11 is 0. The van der Waals surface area contributed by atoms with Crippen molar-refractivity contribution in [2.45, 2.75) is 38.0 Å². The monoisotopic (exact) mass is 295 g/mol. The number of halogens is 1. The highest BCUT2D eigenvalue weighted by Gasteiger charge is 2.35. The maximum Gasteiger partial charge on any atom is 0.115 e. The third-order valence-corrected chi connectivity index (χ3v) is 4.25. The van der Waals surface area contributed by atoms with Crippen molar-refractivity contribution in [3.05, 3.63) is 42.5 Å². The van der Waals surface area contributed by atoms with E-state index < -0.39 is 0 Å². The van der Waals surface area contributed by atoms with Gasteiger partial charge < -0.3 is 5.11 Å². The smallest absolute Gasteiger partial charge is 0.115 e. The van der Waals surface area contributed by atoms with E-state index in [1.54, 1.807) is 0 Å². The van der Waals surface area contributed by atoms with E-state index in [0.717, 1.165) is 13.1 Å². The number of piperidine rings is 1. The summed E-state index contributed by atoms with van der Waals surface area (Å²) < 4.78 is 0. The Labute approximate surface area is 128 Å². The summed E-state index contributed by atoms with van der Waals surface area (Å²) in [4.78, 5) is 2.50. The van der Waals surface area contributed by atoms with Crippen LogP contribution in [0, 0.1) is 0 Å². The van der Waals surface area contributed by atoms with Gasteiger partial charge in [-0.25, -0.2) is 0 Å². The highest BCUT2D eigenvalue weighted by Crippen LogP contribution is 2.38. The van der Waals surface area contributed by atoms with E-state index in [0.29, 0.717) is 5.75 Å². The maximum absolute atomic E-state index is 9.48.